The summed E-state index contributed by atoms with van der Waals surface area (Å²) in [5.41, 5.74) is 3.80. The van der Waals surface area contributed by atoms with Crippen molar-refractivity contribution in [1.29, 1.82) is 0 Å². The van der Waals surface area contributed by atoms with Gasteiger partial charge >= 0.3 is 0 Å². The highest BCUT2D eigenvalue weighted by molar-refractivity contribution is 7.09. The van der Waals surface area contributed by atoms with E-state index in [4.69, 9.17) is 4.74 Å². The van der Waals surface area contributed by atoms with Gasteiger partial charge in [0.05, 0.1) is 25.3 Å². The van der Waals surface area contributed by atoms with Crippen molar-refractivity contribution in [2.75, 3.05) is 36.5 Å². The molecule has 8 nitrogen and oxygen atoms in total. The average molecular weight is 476 g/mol. The molecule has 0 atom stereocenters. The summed E-state index contributed by atoms with van der Waals surface area (Å²) in [4.78, 5) is 29.0. The van der Waals surface area contributed by atoms with Gasteiger partial charge in [0.25, 0.3) is 11.8 Å². The second kappa shape index (κ2) is 9.66. The molecule has 9 heteroatoms. The van der Waals surface area contributed by atoms with Crippen molar-refractivity contribution >= 4 is 45.6 Å². The fourth-order valence-electron chi connectivity index (χ4n) is 4.03. The van der Waals surface area contributed by atoms with Crippen molar-refractivity contribution in [3.05, 3.63) is 75.5 Å². The molecular weight excluding hydrogens is 450 g/mol. The molecule has 1 aliphatic heterocycles. The number of hydrogen-bond donors (Lipinski definition) is 3. The second-order valence-electron chi connectivity index (χ2n) is 8.15. The summed E-state index contributed by atoms with van der Waals surface area (Å²) in [6.45, 7) is 5.50. The van der Waals surface area contributed by atoms with E-state index >= 15 is 0 Å². The number of amides is 2. The number of ether oxygens (including phenoxy) is 1. The number of H-pyrrole nitrogens is 1. The zero-order chi connectivity index (χ0) is 23.5. The zero-order valence-electron chi connectivity index (χ0n) is 18.8. The molecule has 0 bridgehead atoms. The standard InChI is InChI=1S/C25H25N5O3S/c1-16-13-18(30-8-10-33-11-9-30)5-6-20(16)25(32)27-23-21-14-17(4-7-22(21)28-29-23)24(31)26-15-19-3-2-12-34-19/h2-7,12-14H,8-11,15H2,1H3,(H,26,31)(H2,27,28,29,32). The molecule has 1 saturated heterocycles. The molecule has 4 aromatic rings. The number of nitrogens with zero attached hydrogens (tertiary/aromatic N) is 2. The monoisotopic (exact) mass is 475 g/mol. The maximum Gasteiger partial charge on any atom is 0.257 e. The summed E-state index contributed by atoms with van der Waals surface area (Å²) in [6, 6.07) is 15.0. The van der Waals surface area contributed by atoms with E-state index in [2.05, 4.69) is 25.7 Å². The molecule has 0 radical (unpaired) electrons. The van der Waals surface area contributed by atoms with Crippen LogP contribution in [0, 0.1) is 6.92 Å². The van der Waals surface area contributed by atoms with Crippen LogP contribution in [-0.2, 0) is 11.3 Å². The molecule has 1 aliphatic rings. The third-order valence-electron chi connectivity index (χ3n) is 5.89. The van der Waals surface area contributed by atoms with Gasteiger partial charge in [0.1, 0.15) is 0 Å². The van der Waals surface area contributed by atoms with Gasteiger partial charge in [0, 0.05) is 40.2 Å². The molecule has 5 rings (SSSR count). The van der Waals surface area contributed by atoms with Crippen molar-refractivity contribution in [2.24, 2.45) is 0 Å². The van der Waals surface area contributed by atoms with Gasteiger partial charge in [-0.05, 0) is 60.3 Å². The Bertz CT molecular complexity index is 1330. The van der Waals surface area contributed by atoms with Crippen LogP contribution >= 0.6 is 11.3 Å². The van der Waals surface area contributed by atoms with E-state index in [1.54, 1.807) is 29.5 Å². The number of benzene rings is 2. The summed E-state index contributed by atoms with van der Waals surface area (Å²) in [5.74, 6) is -0.0279. The van der Waals surface area contributed by atoms with Crippen LogP contribution in [-0.4, -0.2) is 48.3 Å². The molecule has 1 fully saturated rings. The molecule has 0 unspecified atom stereocenters. The average Bonchev–Trinajstić information content (AvgIpc) is 3.53. The van der Waals surface area contributed by atoms with Crippen molar-refractivity contribution in [3.63, 3.8) is 0 Å². The van der Waals surface area contributed by atoms with Crippen LogP contribution < -0.4 is 15.5 Å². The van der Waals surface area contributed by atoms with Gasteiger partial charge in [-0.15, -0.1) is 11.3 Å². The number of rotatable bonds is 6. The first-order valence-electron chi connectivity index (χ1n) is 11.1. The van der Waals surface area contributed by atoms with E-state index in [9.17, 15) is 9.59 Å². The maximum absolute atomic E-state index is 13.0. The first-order chi connectivity index (χ1) is 16.6. The van der Waals surface area contributed by atoms with Gasteiger partial charge in [-0.3, -0.25) is 14.7 Å². The number of aryl methyl sites for hydroxylation is 1. The summed E-state index contributed by atoms with van der Waals surface area (Å²) in [7, 11) is 0. The largest absolute Gasteiger partial charge is 0.378 e. The van der Waals surface area contributed by atoms with Gasteiger partial charge in [-0.25, -0.2) is 0 Å². The molecule has 0 spiro atoms. The van der Waals surface area contributed by atoms with E-state index in [0.29, 0.717) is 42.1 Å². The minimum absolute atomic E-state index is 0.177. The first-order valence-corrected chi connectivity index (χ1v) is 12.0. The number of carbonyl (C=O) groups is 2. The SMILES string of the molecule is Cc1cc(N2CCOCC2)ccc1C(=O)Nc1n[nH]c2ccc(C(=O)NCc3cccs3)cc12. The quantitative estimate of drug-likeness (QED) is 0.392. The number of morpholine rings is 1. The van der Waals surface area contributed by atoms with E-state index in [-0.39, 0.29) is 11.8 Å². The van der Waals surface area contributed by atoms with Gasteiger partial charge in [0.2, 0.25) is 0 Å². The van der Waals surface area contributed by atoms with Crippen molar-refractivity contribution < 1.29 is 14.3 Å². The van der Waals surface area contributed by atoms with E-state index in [1.807, 2.05) is 42.6 Å². The predicted molar refractivity (Wildman–Crippen MR) is 134 cm³/mol. The minimum Gasteiger partial charge on any atom is -0.378 e. The highest BCUT2D eigenvalue weighted by Gasteiger charge is 2.17. The number of fused-ring (bicyclic) bond motifs is 1. The normalized spacial score (nSPS) is 13.7. The number of hydrogen-bond acceptors (Lipinski definition) is 6. The van der Waals surface area contributed by atoms with Crippen LogP contribution in [0.1, 0.15) is 31.2 Å². The lowest BCUT2D eigenvalue weighted by molar-refractivity contribution is 0.0950. The van der Waals surface area contributed by atoms with Gasteiger partial charge in [-0.2, -0.15) is 5.10 Å². The topological polar surface area (TPSA) is 99.3 Å². The van der Waals surface area contributed by atoms with Crippen LogP contribution in [0.15, 0.2) is 53.9 Å². The molecule has 3 N–H and O–H groups in total. The van der Waals surface area contributed by atoms with Gasteiger partial charge in [-0.1, -0.05) is 6.07 Å². The molecule has 2 aromatic heterocycles. The third kappa shape index (κ3) is 4.66. The summed E-state index contributed by atoms with van der Waals surface area (Å²) < 4.78 is 5.42. The number of aromatic nitrogens is 2. The molecule has 3 heterocycles. The Morgan fingerprint density at radius 2 is 1.97 bits per heavy atom. The zero-order valence-corrected chi connectivity index (χ0v) is 19.6. The Morgan fingerprint density at radius 1 is 1.12 bits per heavy atom. The van der Waals surface area contributed by atoms with Gasteiger partial charge < -0.3 is 20.3 Å². The number of anilines is 2. The molecule has 2 aromatic carbocycles. The number of aromatic amines is 1. The Kier molecular flexibility index (Phi) is 6.29. The molecule has 0 aliphatic carbocycles. The van der Waals surface area contributed by atoms with Crippen LogP contribution in [0.4, 0.5) is 11.5 Å². The van der Waals surface area contributed by atoms with Crippen molar-refractivity contribution in [2.45, 2.75) is 13.5 Å². The summed E-state index contributed by atoms with van der Waals surface area (Å²) in [6.07, 6.45) is 0. The lowest BCUT2D eigenvalue weighted by atomic mass is 10.1. The van der Waals surface area contributed by atoms with Gasteiger partial charge in [0.15, 0.2) is 5.82 Å². The Labute approximate surface area is 200 Å². The van der Waals surface area contributed by atoms with Crippen LogP contribution in [0.3, 0.4) is 0 Å². The molecule has 2 amide bonds. The van der Waals surface area contributed by atoms with Crippen LogP contribution in [0.2, 0.25) is 0 Å². The number of carbonyl (C=O) groups excluding carboxylic acids is 2. The van der Waals surface area contributed by atoms with E-state index in [1.165, 1.54) is 0 Å². The van der Waals surface area contributed by atoms with Crippen LogP contribution in [0.5, 0.6) is 0 Å². The molecule has 174 valence electrons. The summed E-state index contributed by atoms with van der Waals surface area (Å²) in [5, 5.41) is 15.7. The van der Waals surface area contributed by atoms with Crippen molar-refractivity contribution in [3.8, 4) is 0 Å². The Balaban J connectivity index is 1.31. The summed E-state index contributed by atoms with van der Waals surface area (Å²) >= 11 is 1.60. The van der Waals surface area contributed by atoms with Crippen LogP contribution in [0.25, 0.3) is 10.9 Å². The smallest absolute Gasteiger partial charge is 0.257 e. The number of nitrogens with one attached hydrogen (secondary N) is 3. The highest BCUT2D eigenvalue weighted by Crippen LogP contribution is 2.25. The molecule has 0 saturated carbocycles. The van der Waals surface area contributed by atoms with E-state index < -0.39 is 0 Å². The third-order valence-corrected chi connectivity index (χ3v) is 6.77. The predicted octanol–water partition coefficient (Wildman–Crippen LogP) is 3.95. The lowest BCUT2D eigenvalue weighted by Gasteiger charge is -2.29. The fourth-order valence-corrected chi connectivity index (χ4v) is 4.67. The number of thiophene rings is 1. The van der Waals surface area contributed by atoms with Crippen molar-refractivity contribution in [1.82, 2.24) is 15.5 Å². The minimum atomic E-state index is -0.244. The Morgan fingerprint density at radius 3 is 2.74 bits per heavy atom. The first kappa shape index (κ1) is 22.1. The Hall–Kier alpha value is -3.69. The molecular formula is C25H25N5O3S. The van der Waals surface area contributed by atoms with E-state index in [0.717, 1.165) is 34.7 Å². The second-order valence-corrected chi connectivity index (χ2v) is 9.18. The fraction of sp³-hybridized carbons (Fsp3) is 0.240. The maximum atomic E-state index is 13.0. The lowest BCUT2D eigenvalue weighted by Crippen LogP contribution is -2.36. The highest BCUT2D eigenvalue weighted by atomic mass is 32.1. The molecule has 34 heavy (non-hydrogen) atoms.